The van der Waals surface area contributed by atoms with E-state index in [0.29, 0.717) is 12.3 Å². The molecule has 0 N–H and O–H groups in total. The molecule has 0 aliphatic carbocycles. The van der Waals surface area contributed by atoms with Crippen molar-refractivity contribution in [3.8, 4) is 11.1 Å². The predicted octanol–water partition coefficient (Wildman–Crippen LogP) is 3.62. The van der Waals surface area contributed by atoms with Crippen LogP contribution in [0.15, 0.2) is 64.2 Å². The van der Waals surface area contributed by atoms with Crippen molar-refractivity contribution in [3.05, 3.63) is 66.4 Å². The van der Waals surface area contributed by atoms with Crippen LogP contribution in [0.1, 0.15) is 11.5 Å². The van der Waals surface area contributed by atoms with E-state index in [1.807, 2.05) is 30.3 Å². The maximum absolute atomic E-state index is 5.22. The van der Waals surface area contributed by atoms with E-state index in [0.717, 1.165) is 16.0 Å². The molecular formula is C15H12N2OS. The second kappa shape index (κ2) is 5.28. The van der Waals surface area contributed by atoms with E-state index in [4.69, 9.17) is 4.42 Å². The summed E-state index contributed by atoms with van der Waals surface area (Å²) in [6, 6.07) is 16.3. The first-order valence-corrected chi connectivity index (χ1v) is 6.40. The summed E-state index contributed by atoms with van der Waals surface area (Å²) < 4.78 is 5.22. The van der Waals surface area contributed by atoms with Crippen LogP contribution >= 0.6 is 12.6 Å². The van der Waals surface area contributed by atoms with Gasteiger partial charge in [-0.25, -0.2) is 0 Å². The summed E-state index contributed by atoms with van der Waals surface area (Å²) in [7, 11) is 0. The summed E-state index contributed by atoms with van der Waals surface area (Å²) in [6.45, 7) is 0. The molecule has 19 heavy (non-hydrogen) atoms. The lowest BCUT2D eigenvalue weighted by molar-refractivity contribution is 0.505. The first-order valence-electron chi connectivity index (χ1n) is 5.95. The van der Waals surface area contributed by atoms with E-state index in [1.54, 1.807) is 0 Å². The van der Waals surface area contributed by atoms with Gasteiger partial charge >= 0.3 is 0 Å². The van der Waals surface area contributed by atoms with Crippen LogP contribution in [-0.4, -0.2) is 10.2 Å². The normalized spacial score (nSPS) is 10.6. The number of rotatable bonds is 3. The van der Waals surface area contributed by atoms with E-state index < -0.39 is 0 Å². The van der Waals surface area contributed by atoms with Gasteiger partial charge in [-0.15, -0.1) is 22.8 Å². The lowest BCUT2D eigenvalue weighted by atomic mass is 9.98. The predicted molar refractivity (Wildman–Crippen MR) is 76.2 cm³/mol. The second-order valence-electron chi connectivity index (χ2n) is 4.22. The number of aromatic nitrogens is 2. The Hall–Kier alpha value is -2.07. The van der Waals surface area contributed by atoms with Crippen molar-refractivity contribution in [2.75, 3.05) is 0 Å². The van der Waals surface area contributed by atoms with E-state index in [1.165, 1.54) is 12.0 Å². The number of thiol groups is 1. The summed E-state index contributed by atoms with van der Waals surface area (Å²) in [4.78, 5) is 0.925. The topological polar surface area (TPSA) is 38.9 Å². The van der Waals surface area contributed by atoms with Crippen molar-refractivity contribution in [2.45, 2.75) is 11.3 Å². The third-order valence-electron chi connectivity index (χ3n) is 2.92. The van der Waals surface area contributed by atoms with Crippen molar-refractivity contribution in [1.29, 1.82) is 0 Å². The van der Waals surface area contributed by atoms with Crippen LogP contribution in [0.25, 0.3) is 11.1 Å². The van der Waals surface area contributed by atoms with Gasteiger partial charge in [0.15, 0.2) is 0 Å². The van der Waals surface area contributed by atoms with Gasteiger partial charge in [0.25, 0.3) is 0 Å². The summed E-state index contributed by atoms with van der Waals surface area (Å²) in [5.74, 6) is 0.608. The lowest BCUT2D eigenvalue weighted by Crippen LogP contribution is -1.93. The van der Waals surface area contributed by atoms with Gasteiger partial charge < -0.3 is 4.42 Å². The highest BCUT2D eigenvalue weighted by Crippen LogP contribution is 2.27. The molecule has 1 heterocycles. The van der Waals surface area contributed by atoms with E-state index in [9.17, 15) is 0 Å². The van der Waals surface area contributed by atoms with Crippen molar-refractivity contribution in [2.24, 2.45) is 0 Å². The molecule has 0 bridgehead atoms. The van der Waals surface area contributed by atoms with Gasteiger partial charge in [-0.05, 0) is 28.8 Å². The monoisotopic (exact) mass is 268 g/mol. The Bertz CT molecular complexity index is 666. The Morgan fingerprint density at radius 2 is 1.89 bits per heavy atom. The number of hydrogen-bond donors (Lipinski definition) is 1. The fourth-order valence-corrected chi connectivity index (χ4v) is 2.29. The Kier molecular flexibility index (Phi) is 3.33. The molecule has 0 amide bonds. The van der Waals surface area contributed by atoms with Gasteiger partial charge in [0, 0.05) is 4.90 Å². The highest BCUT2D eigenvalue weighted by molar-refractivity contribution is 7.80. The molecule has 0 saturated heterocycles. The highest BCUT2D eigenvalue weighted by atomic mass is 32.1. The second-order valence-corrected chi connectivity index (χ2v) is 4.73. The third kappa shape index (κ3) is 2.69. The minimum atomic E-state index is 0.608. The first-order chi connectivity index (χ1) is 9.33. The molecule has 1 aromatic heterocycles. The summed E-state index contributed by atoms with van der Waals surface area (Å²) >= 11 is 4.40. The molecule has 3 nitrogen and oxygen atoms in total. The first kappa shape index (κ1) is 12.0. The molecule has 0 fully saturated rings. The minimum absolute atomic E-state index is 0.608. The Labute approximate surface area is 116 Å². The summed E-state index contributed by atoms with van der Waals surface area (Å²) in [5.41, 5.74) is 3.46. The van der Waals surface area contributed by atoms with Crippen molar-refractivity contribution in [1.82, 2.24) is 10.2 Å². The quantitative estimate of drug-likeness (QED) is 0.737. The molecule has 3 aromatic rings. The molecule has 3 rings (SSSR count). The van der Waals surface area contributed by atoms with Crippen LogP contribution in [-0.2, 0) is 6.42 Å². The molecule has 2 aromatic carbocycles. The molecule has 0 aliphatic heterocycles. The zero-order valence-electron chi connectivity index (χ0n) is 10.2. The zero-order chi connectivity index (χ0) is 13.1. The van der Waals surface area contributed by atoms with Gasteiger partial charge in [0.05, 0.1) is 6.42 Å². The average Bonchev–Trinajstić information content (AvgIpc) is 2.93. The molecule has 0 aliphatic rings. The molecule has 0 saturated carbocycles. The molecular weight excluding hydrogens is 256 g/mol. The molecule has 0 unspecified atom stereocenters. The fraction of sp³-hybridized carbons (Fsp3) is 0.0667. The highest BCUT2D eigenvalue weighted by Gasteiger charge is 2.09. The number of nitrogens with zero attached hydrogens (tertiary/aromatic N) is 2. The van der Waals surface area contributed by atoms with Gasteiger partial charge in [0.2, 0.25) is 12.3 Å². The fourth-order valence-electron chi connectivity index (χ4n) is 2.06. The van der Waals surface area contributed by atoms with Crippen molar-refractivity contribution in [3.63, 3.8) is 0 Å². The van der Waals surface area contributed by atoms with Crippen LogP contribution in [0.4, 0.5) is 0 Å². The smallest absolute Gasteiger partial charge is 0.220 e. The van der Waals surface area contributed by atoms with Gasteiger partial charge in [-0.2, -0.15) is 0 Å². The average molecular weight is 268 g/mol. The van der Waals surface area contributed by atoms with Crippen LogP contribution in [0.5, 0.6) is 0 Å². The van der Waals surface area contributed by atoms with Crippen molar-refractivity contribution < 1.29 is 4.42 Å². The Morgan fingerprint density at radius 1 is 1.05 bits per heavy atom. The van der Waals surface area contributed by atoms with Crippen LogP contribution < -0.4 is 0 Å². The van der Waals surface area contributed by atoms with Crippen molar-refractivity contribution >= 4 is 12.6 Å². The van der Waals surface area contributed by atoms with Gasteiger partial charge in [0.1, 0.15) is 0 Å². The molecule has 0 spiro atoms. The van der Waals surface area contributed by atoms with Gasteiger partial charge in [-0.1, -0.05) is 36.4 Å². The lowest BCUT2D eigenvalue weighted by Gasteiger charge is -2.09. The van der Waals surface area contributed by atoms with Crippen LogP contribution in [0.2, 0.25) is 0 Å². The number of hydrogen-bond acceptors (Lipinski definition) is 4. The molecule has 94 valence electrons. The van der Waals surface area contributed by atoms with Crippen LogP contribution in [0.3, 0.4) is 0 Å². The standard InChI is InChI=1S/C15H12N2OS/c19-13-6-7-14(11-4-2-1-3-5-11)12(8-13)9-15-17-16-10-18-15/h1-8,10,19H,9H2. The minimum Gasteiger partial charge on any atom is -0.428 e. The SMILES string of the molecule is Sc1ccc(-c2ccccc2)c(Cc2nnco2)c1. The molecule has 4 heteroatoms. The summed E-state index contributed by atoms with van der Waals surface area (Å²) in [6.07, 6.45) is 1.96. The molecule has 0 atom stereocenters. The number of benzene rings is 2. The van der Waals surface area contributed by atoms with E-state index in [2.05, 4.69) is 41.0 Å². The maximum atomic E-state index is 5.22. The largest absolute Gasteiger partial charge is 0.428 e. The van der Waals surface area contributed by atoms with Gasteiger partial charge in [-0.3, -0.25) is 0 Å². The zero-order valence-corrected chi connectivity index (χ0v) is 11.0. The van der Waals surface area contributed by atoms with E-state index >= 15 is 0 Å². The van der Waals surface area contributed by atoms with E-state index in [-0.39, 0.29) is 0 Å². The Balaban J connectivity index is 2.04. The summed E-state index contributed by atoms with van der Waals surface area (Å²) in [5, 5.41) is 7.64. The van der Waals surface area contributed by atoms with Crippen LogP contribution in [0, 0.1) is 0 Å². The Morgan fingerprint density at radius 3 is 2.63 bits per heavy atom. The molecule has 0 radical (unpaired) electrons. The third-order valence-corrected chi connectivity index (χ3v) is 3.20. The maximum Gasteiger partial charge on any atom is 0.220 e.